The zero-order valence-corrected chi connectivity index (χ0v) is 12.2. The molecule has 0 saturated heterocycles. The van der Waals surface area contributed by atoms with Gasteiger partial charge in [-0.25, -0.2) is 4.98 Å². The molecule has 0 amide bonds. The van der Waals surface area contributed by atoms with E-state index < -0.39 is 0 Å². The first-order chi connectivity index (χ1) is 10.2. The minimum absolute atomic E-state index is 0.665. The number of hydrazone groups is 1. The van der Waals surface area contributed by atoms with Gasteiger partial charge in [0.05, 0.1) is 28.6 Å². The second-order valence-corrected chi connectivity index (χ2v) is 5.00. The van der Waals surface area contributed by atoms with Gasteiger partial charge in [0.15, 0.2) is 0 Å². The Morgan fingerprint density at radius 2 is 1.90 bits per heavy atom. The van der Waals surface area contributed by atoms with Gasteiger partial charge in [0.2, 0.25) is 0 Å². The maximum absolute atomic E-state index is 5.93. The van der Waals surface area contributed by atoms with Crippen LogP contribution >= 0.6 is 11.6 Å². The van der Waals surface area contributed by atoms with Gasteiger partial charge in [-0.3, -0.25) is 10.4 Å². The average molecular weight is 297 g/mol. The van der Waals surface area contributed by atoms with Gasteiger partial charge in [-0.05, 0) is 37.3 Å². The molecule has 0 saturated carbocycles. The SMILES string of the molecule is C/C(=N/Nc1cccc(Cl)c1)c1cnc2ccccc2n1. The minimum atomic E-state index is 0.665. The van der Waals surface area contributed by atoms with Crippen molar-refractivity contribution in [2.24, 2.45) is 5.10 Å². The fraction of sp³-hybridized carbons (Fsp3) is 0.0625. The van der Waals surface area contributed by atoms with Gasteiger partial charge in [0, 0.05) is 5.02 Å². The minimum Gasteiger partial charge on any atom is -0.278 e. The summed E-state index contributed by atoms with van der Waals surface area (Å²) >= 11 is 5.93. The van der Waals surface area contributed by atoms with E-state index in [1.165, 1.54) is 0 Å². The number of fused-ring (bicyclic) bond motifs is 1. The van der Waals surface area contributed by atoms with Crippen molar-refractivity contribution >= 4 is 34.0 Å². The predicted molar refractivity (Wildman–Crippen MR) is 86.8 cm³/mol. The van der Waals surface area contributed by atoms with Crippen molar-refractivity contribution in [1.29, 1.82) is 0 Å². The monoisotopic (exact) mass is 296 g/mol. The van der Waals surface area contributed by atoms with Gasteiger partial charge in [-0.15, -0.1) is 0 Å². The van der Waals surface area contributed by atoms with Crippen LogP contribution in [0.2, 0.25) is 5.02 Å². The van der Waals surface area contributed by atoms with E-state index in [0.29, 0.717) is 5.02 Å². The highest BCUT2D eigenvalue weighted by atomic mass is 35.5. The average Bonchev–Trinajstić information content (AvgIpc) is 2.52. The van der Waals surface area contributed by atoms with Crippen LogP contribution in [0.4, 0.5) is 5.69 Å². The largest absolute Gasteiger partial charge is 0.278 e. The third-order valence-corrected chi connectivity index (χ3v) is 3.23. The van der Waals surface area contributed by atoms with E-state index in [0.717, 1.165) is 28.1 Å². The number of rotatable bonds is 3. The third kappa shape index (κ3) is 3.17. The van der Waals surface area contributed by atoms with Gasteiger partial charge < -0.3 is 0 Å². The number of halogens is 1. The van der Waals surface area contributed by atoms with Crippen LogP contribution in [-0.2, 0) is 0 Å². The lowest BCUT2D eigenvalue weighted by atomic mass is 10.2. The highest BCUT2D eigenvalue weighted by Crippen LogP contribution is 2.15. The first kappa shape index (κ1) is 13.5. The van der Waals surface area contributed by atoms with Crippen LogP contribution in [0.15, 0.2) is 59.8 Å². The molecule has 2 aromatic carbocycles. The topological polar surface area (TPSA) is 50.2 Å². The van der Waals surface area contributed by atoms with Crippen molar-refractivity contribution < 1.29 is 0 Å². The van der Waals surface area contributed by atoms with E-state index >= 15 is 0 Å². The second-order valence-electron chi connectivity index (χ2n) is 4.56. The maximum atomic E-state index is 5.93. The molecule has 0 fully saturated rings. The summed E-state index contributed by atoms with van der Waals surface area (Å²) in [6.07, 6.45) is 1.72. The number of hydrogen-bond acceptors (Lipinski definition) is 4. The molecule has 1 N–H and O–H groups in total. The third-order valence-electron chi connectivity index (χ3n) is 3.00. The summed E-state index contributed by atoms with van der Waals surface area (Å²) in [6.45, 7) is 1.89. The molecular formula is C16H13ClN4. The smallest absolute Gasteiger partial charge is 0.105 e. The summed E-state index contributed by atoms with van der Waals surface area (Å²) in [5, 5.41) is 4.98. The molecule has 0 aliphatic rings. The maximum Gasteiger partial charge on any atom is 0.105 e. The second kappa shape index (κ2) is 5.89. The lowest BCUT2D eigenvalue weighted by molar-refractivity contribution is 1.23. The van der Waals surface area contributed by atoms with E-state index in [4.69, 9.17) is 11.6 Å². The van der Waals surface area contributed by atoms with Crippen LogP contribution in [0.5, 0.6) is 0 Å². The molecule has 0 radical (unpaired) electrons. The Hall–Kier alpha value is -2.46. The number of nitrogens with zero attached hydrogens (tertiary/aromatic N) is 3. The molecule has 0 spiro atoms. The van der Waals surface area contributed by atoms with Gasteiger partial charge in [-0.2, -0.15) is 5.10 Å². The highest BCUT2D eigenvalue weighted by Gasteiger charge is 2.02. The first-order valence-electron chi connectivity index (χ1n) is 6.50. The lowest BCUT2D eigenvalue weighted by Crippen LogP contribution is -2.03. The molecule has 104 valence electrons. The molecule has 0 aliphatic carbocycles. The van der Waals surface area contributed by atoms with Gasteiger partial charge in [-0.1, -0.05) is 29.8 Å². The number of anilines is 1. The standard InChI is InChI=1S/C16H13ClN4/c1-11(20-21-13-6-4-5-12(17)9-13)16-10-18-14-7-2-3-8-15(14)19-16/h2-10,21H,1H3/b20-11-. The first-order valence-corrected chi connectivity index (χ1v) is 6.88. The van der Waals surface area contributed by atoms with E-state index in [-0.39, 0.29) is 0 Å². The van der Waals surface area contributed by atoms with Crippen LogP contribution in [0.3, 0.4) is 0 Å². The molecule has 0 atom stereocenters. The van der Waals surface area contributed by atoms with Crippen molar-refractivity contribution in [3.05, 3.63) is 65.4 Å². The quantitative estimate of drug-likeness (QED) is 0.584. The summed E-state index contributed by atoms with van der Waals surface area (Å²) in [5.74, 6) is 0. The van der Waals surface area contributed by atoms with E-state index in [9.17, 15) is 0 Å². The molecule has 3 rings (SSSR count). The molecule has 5 heteroatoms. The summed E-state index contributed by atoms with van der Waals surface area (Å²) < 4.78 is 0. The zero-order valence-electron chi connectivity index (χ0n) is 11.4. The van der Waals surface area contributed by atoms with E-state index in [2.05, 4.69) is 20.5 Å². The number of nitrogens with one attached hydrogen (secondary N) is 1. The Kier molecular flexibility index (Phi) is 3.79. The summed E-state index contributed by atoms with van der Waals surface area (Å²) in [4.78, 5) is 8.92. The molecular weight excluding hydrogens is 284 g/mol. The predicted octanol–water partition coefficient (Wildman–Crippen LogP) is 4.12. The Balaban J connectivity index is 1.85. The zero-order chi connectivity index (χ0) is 14.7. The van der Waals surface area contributed by atoms with Gasteiger partial charge in [0.1, 0.15) is 5.69 Å². The number of aromatic nitrogens is 2. The lowest BCUT2D eigenvalue weighted by Gasteiger charge is -2.04. The normalized spacial score (nSPS) is 11.6. The number of benzene rings is 2. The van der Waals surface area contributed by atoms with E-state index in [1.807, 2.05) is 55.5 Å². The van der Waals surface area contributed by atoms with Crippen molar-refractivity contribution in [2.75, 3.05) is 5.43 Å². The van der Waals surface area contributed by atoms with Crippen molar-refractivity contribution in [3.63, 3.8) is 0 Å². The summed E-state index contributed by atoms with van der Waals surface area (Å²) in [6, 6.07) is 15.1. The Morgan fingerprint density at radius 3 is 2.71 bits per heavy atom. The van der Waals surface area contributed by atoms with Crippen LogP contribution < -0.4 is 5.43 Å². The molecule has 4 nitrogen and oxygen atoms in total. The molecule has 0 aliphatic heterocycles. The number of hydrogen-bond donors (Lipinski definition) is 1. The number of para-hydroxylation sites is 2. The van der Waals surface area contributed by atoms with Gasteiger partial charge >= 0.3 is 0 Å². The molecule has 3 aromatic rings. The van der Waals surface area contributed by atoms with Crippen LogP contribution in [0, 0.1) is 0 Å². The van der Waals surface area contributed by atoms with E-state index in [1.54, 1.807) is 6.20 Å². The Bertz CT molecular complexity index is 814. The fourth-order valence-electron chi connectivity index (χ4n) is 1.90. The van der Waals surface area contributed by atoms with Crippen LogP contribution in [0.1, 0.15) is 12.6 Å². The van der Waals surface area contributed by atoms with Gasteiger partial charge in [0.25, 0.3) is 0 Å². The molecule has 0 unspecified atom stereocenters. The van der Waals surface area contributed by atoms with Crippen molar-refractivity contribution in [1.82, 2.24) is 9.97 Å². The van der Waals surface area contributed by atoms with Crippen molar-refractivity contribution in [3.8, 4) is 0 Å². The molecule has 1 aromatic heterocycles. The Morgan fingerprint density at radius 1 is 1.10 bits per heavy atom. The fourth-order valence-corrected chi connectivity index (χ4v) is 2.09. The highest BCUT2D eigenvalue weighted by molar-refractivity contribution is 6.30. The molecule has 0 bridgehead atoms. The molecule has 21 heavy (non-hydrogen) atoms. The molecule has 1 heterocycles. The van der Waals surface area contributed by atoms with Crippen LogP contribution in [-0.4, -0.2) is 15.7 Å². The van der Waals surface area contributed by atoms with Crippen LogP contribution in [0.25, 0.3) is 11.0 Å². The summed E-state index contributed by atoms with van der Waals surface area (Å²) in [5.41, 5.74) is 7.02. The van der Waals surface area contributed by atoms with Crippen molar-refractivity contribution in [2.45, 2.75) is 6.92 Å². The summed E-state index contributed by atoms with van der Waals surface area (Å²) in [7, 11) is 0. The Labute approximate surface area is 127 Å².